The molecule has 0 amide bonds. The van der Waals surface area contributed by atoms with Crippen molar-refractivity contribution in [3.8, 4) is 0 Å². The zero-order valence-electron chi connectivity index (χ0n) is 11.6. The SMILES string of the molecule is COC(c1ccccc1)C(N)c1cc2cc(Cl)ccc2o1. The molecule has 2 N–H and O–H groups in total. The fourth-order valence-electron chi connectivity index (χ4n) is 2.48. The van der Waals surface area contributed by atoms with Gasteiger partial charge in [-0.15, -0.1) is 0 Å². The minimum Gasteiger partial charge on any atom is -0.459 e. The minimum atomic E-state index is -0.386. The maximum Gasteiger partial charge on any atom is 0.134 e. The van der Waals surface area contributed by atoms with Crippen LogP contribution in [0.1, 0.15) is 23.5 Å². The van der Waals surface area contributed by atoms with E-state index in [4.69, 9.17) is 26.5 Å². The Hall–Kier alpha value is -1.81. The van der Waals surface area contributed by atoms with Crippen LogP contribution in [-0.4, -0.2) is 7.11 Å². The second-order valence-corrected chi connectivity index (χ2v) is 5.36. The van der Waals surface area contributed by atoms with Gasteiger partial charge >= 0.3 is 0 Å². The van der Waals surface area contributed by atoms with E-state index < -0.39 is 0 Å². The molecule has 1 aromatic heterocycles. The molecule has 108 valence electrons. The van der Waals surface area contributed by atoms with Gasteiger partial charge in [0.2, 0.25) is 0 Å². The maximum absolute atomic E-state index is 6.33. The van der Waals surface area contributed by atoms with E-state index >= 15 is 0 Å². The monoisotopic (exact) mass is 301 g/mol. The third-order valence-electron chi connectivity index (χ3n) is 3.53. The number of fused-ring (bicyclic) bond motifs is 1. The highest BCUT2D eigenvalue weighted by Crippen LogP contribution is 2.33. The number of nitrogens with two attached hydrogens (primary N) is 1. The fraction of sp³-hybridized carbons (Fsp3) is 0.176. The molecule has 3 nitrogen and oxygen atoms in total. The van der Waals surface area contributed by atoms with Crippen LogP contribution in [0.3, 0.4) is 0 Å². The van der Waals surface area contributed by atoms with Crippen molar-refractivity contribution in [1.82, 2.24) is 0 Å². The molecule has 0 aliphatic rings. The van der Waals surface area contributed by atoms with E-state index in [0.29, 0.717) is 10.8 Å². The highest BCUT2D eigenvalue weighted by Gasteiger charge is 2.24. The van der Waals surface area contributed by atoms with Crippen molar-refractivity contribution < 1.29 is 9.15 Å². The van der Waals surface area contributed by atoms with E-state index in [-0.39, 0.29) is 12.1 Å². The third-order valence-corrected chi connectivity index (χ3v) is 3.77. The van der Waals surface area contributed by atoms with Crippen molar-refractivity contribution >= 4 is 22.6 Å². The van der Waals surface area contributed by atoms with Crippen LogP contribution in [0.2, 0.25) is 5.02 Å². The van der Waals surface area contributed by atoms with Crippen molar-refractivity contribution in [2.75, 3.05) is 7.11 Å². The number of furan rings is 1. The first-order chi connectivity index (χ1) is 10.2. The van der Waals surface area contributed by atoms with Crippen LogP contribution < -0.4 is 5.73 Å². The first kappa shape index (κ1) is 14.1. The summed E-state index contributed by atoms with van der Waals surface area (Å²) >= 11 is 6.00. The molecular weight excluding hydrogens is 286 g/mol. The Balaban J connectivity index is 1.96. The van der Waals surface area contributed by atoms with Gasteiger partial charge in [0.25, 0.3) is 0 Å². The molecule has 3 rings (SSSR count). The van der Waals surface area contributed by atoms with Crippen LogP contribution in [0.15, 0.2) is 59.0 Å². The molecule has 2 aromatic carbocycles. The molecule has 1 heterocycles. The number of methoxy groups -OCH3 is 1. The average Bonchev–Trinajstić information content (AvgIpc) is 2.92. The van der Waals surface area contributed by atoms with Crippen molar-refractivity contribution in [2.45, 2.75) is 12.1 Å². The molecular formula is C17H16ClNO2. The van der Waals surface area contributed by atoms with Gasteiger partial charge in [-0.3, -0.25) is 0 Å². The van der Waals surface area contributed by atoms with E-state index in [0.717, 1.165) is 16.5 Å². The topological polar surface area (TPSA) is 48.4 Å². The first-order valence-corrected chi connectivity index (χ1v) is 7.09. The zero-order chi connectivity index (χ0) is 14.8. The molecule has 2 atom stereocenters. The van der Waals surface area contributed by atoms with Gasteiger partial charge in [0.15, 0.2) is 0 Å². The summed E-state index contributed by atoms with van der Waals surface area (Å²) in [6.45, 7) is 0. The van der Waals surface area contributed by atoms with Crippen LogP contribution in [0.4, 0.5) is 0 Å². The Labute approximate surface area is 128 Å². The number of halogens is 1. The fourth-order valence-corrected chi connectivity index (χ4v) is 2.66. The van der Waals surface area contributed by atoms with Gasteiger partial charge in [-0.05, 0) is 29.8 Å². The summed E-state index contributed by atoms with van der Waals surface area (Å²) in [5.41, 5.74) is 8.12. The molecule has 0 bridgehead atoms. The molecule has 0 spiro atoms. The molecule has 2 unspecified atom stereocenters. The van der Waals surface area contributed by atoms with Crippen molar-refractivity contribution in [2.24, 2.45) is 5.73 Å². The molecule has 0 aliphatic carbocycles. The second-order valence-electron chi connectivity index (χ2n) is 4.92. The first-order valence-electron chi connectivity index (χ1n) is 6.71. The standard InChI is InChI=1S/C17H16ClNO2/c1-20-17(11-5-3-2-4-6-11)16(19)15-10-12-9-13(18)7-8-14(12)21-15/h2-10,16-17H,19H2,1H3. The largest absolute Gasteiger partial charge is 0.459 e. The van der Waals surface area contributed by atoms with Gasteiger partial charge in [0.05, 0.1) is 6.04 Å². The lowest BCUT2D eigenvalue weighted by molar-refractivity contribution is 0.0741. The van der Waals surface area contributed by atoms with Gasteiger partial charge in [-0.2, -0.15) is 0 Å². The lowest BCUT2D eigenvalue weighted by atomic mass is 10.0. The van der Waals surface area contributed by atoms with E-state index in [1.54, 1.807) is 13.2 Å². The molecule has 0 saturated heterocycles. The second kappa shape index (κ2) is 5.90. The Kier molecular flexibility index (Phi) is 3.97. The highest BCUT2D eigenvalue weighted by molar-refractivity contribution is 6.31. The van der Waals surface area contributed by atoms with E-state index in [2.05, 4.69) is 0 Å². The Bertz CT molecular complexity index is 739. The number of hydrogen-bond acceptors (Lipinski definition) is 3. The summed E-state index contributed by atoms with van der Waals surface area (Å²) in [4.78, 5) is 0. The number of benzene rings is 2. The van der Waals surface area contributed by atoms with Crippen LogP contribution in [-0.2, 0) is 4.74 Å². The Morgan fingerprint density at radius 3 is 2.57 bits per heavy atom. The molecule has 21 heavy (non-hydrogen) atoms. The summed E-state index contributed by atoms with van der Waals surface area (Å²) in [5, 5.41) is 1.62. The van der Waals surface area contributed by atoms with Gasteiger partial charge in [0.1, 0.15) is 17.4 Å². The van der Waals surface area contributed by atoms with Crippen LogP contribution in [0, 0.1) is 0 Å². The highest BCUT2D eigenvalue weighted by atomic mass is 35.5. The lowest BCUT2D eigenvalue weighted by Crippen LogP contribution is -2.20. The van der Waals surface area contributed by atoms with Crippen molar-refractivity contribution in [1.29, 1.82) is 0 Å². The van der Waals surface area contributed by atoms with Gasteiger partial charge in [0, 0.05) is 17.5 Å². The summed E-state index contributed by atoms with van der Waals surface area (Å²) in [6, 6.07) is 16.9. The number of hydrogen-bond donors (Lipinski definition) is 1. The van der Waals surface area contributed by atoms with E-state index in [9.17, 15) is 0 Å². The van der Waals surface area contributed by atoms with Crippen LogP contribution in [0.25, 0.3) is 11.0 Å². The summed E-state index contributed by atoms with van der Waals surface area (Å²) in [7, 11) is 1.65. The summed E-state index contributed by atoms with van der Waals surface area (Å²) in [5.74, 6) is 0.683. The Morgan fingerprint density at radius 1 is 1.10 bits per heavy atom. The van der Waals surface area contributed by atoms with Crippen molar-refractivity contribution in [3.63, 3.8) is 0 Å². The van der Waals surface area contributed by atoms with Gasteiger partial charge < -0.3 is 14.9 Å². The molecule has 4 heteroatoms. The predicted molar refractivity (Wildman–Crippen MR) is 84.3 cm³/mol. The normalized spacial score (nSPS) is 14.2. The predicted octanol–water partition coefficient (Wildman–Crippen LogP) is 4.47. The zero-order valence-corrected chi connectivity index (χ0v) is 12.4. The number of rotatable bonds is 4. The average molecular weight is 302 g/mol. The molecule has 0 aliphatic heterocycles. The quantitative estimate of drug-likeness (QED) is 0.773. The lowest BCUT2D eigenvalue weighted by Gasteiger charge is -2.21. The smallest absolute Gasteiger partial charge is 0.134 e. The molecule has 0 radical (unpaired) electrons. The van der Waals surface area contributed by atoms with E-state index in [1.807, 2.05) is 48.5 Å². The van der Waals surface area contributed by atoms with Crippen molar-refractivity contribution in [3.05, 3.63) is 70.9 Å². The molecule has 0 saturated carbocycles. The minimum absolute atomic E-state index is 0.262. The van der Waals surface area contributed by atoms with Crippen LogP contribution in [0.5, 0.6) is 0 Å². The summed E-state index contributed by atoms with van der Waals surface area (Å²) < 4.78 is 11.4. The molecule has 3 aromatic rings. The van der Waals surface area contributed by atoms with Crippen LogP contribution >= 0.6 is 11.6 Å². The maximum atomic E-state index is 6.33. The van der Waals surface area contributed by atoms with E-state index in [1.165, 1.54) is 0 Å². The van der Waals surface area contributed by atoms with Gasteiger partial charge in [-0.25, -0.2) is 0 Å². The number of ether oxygens (including phenoxy) is 1. The Morgan fingerprint density at radius 2 is 1.86 bits per heavy atom. The van der Waals surface area contributed by atoms with Gasteiger partial charge in [-0.1, -0.05) is 41.9 Å². The summed E-state index contributed by atoms with van der Waals surface area (Å²) in [6.07, 6.45) is -0.262. The third kappa shape index (κ3) is 2.81. The molecule has 0 fully saturated rings.